The van der Waals surface area contributed by atoms with Crippen LogP contribution in [0.4, 0.5) is 0 Å². The number of halogens is 1. The number of nitrogens with one attached hydrogen (secondary N) is 1. The molecule has 0 bridgehead atoms. The zero-order chi connectivity index (χ0) is 12.1. The molecule has 1 N–H and O–H groups in total. The molecule has 0 aromatic heterocycles. The van der Waals surface area contributed by atoms with E-state index >= 15 is 0 Å². The lowest BCUT2D eigenvalue weighted by molar-refractivity contribution is -0.120. The molecule has 0 saturated carbocycles. The minimum absolute atomic E-state index is 0.0377. The number of carbonyl (C=O) groups is 1. The van der Waals surface area contributed by atoms with Gasteiger partial charge < -0.3 is 5.32 Å². The van der Waals surface area contributed by atoms with Gasteiger partial charge in [-0.3, -0.25) is 4.79 Å². The van der Waals surface area contributed by atoms with Crippen LogP contribution >= 0.6 is 11.6 Å². The molecular weight excluding hydrogens is 240 g/mol. The fraction of sp³-hybridized carbons (Fsp3) is 0.875. The summed E-state index contributed by atoms with van der Waals surface area (Å²) in [5.41, 5.74) is 0. The molecule has 5 nitrogen and oxygen atoms in total. The van der Waals surface area contributed by atoms with Gasteiger partial charge in [0, 0.05) is 20.0 Å². The highest BCUT2D eigenvalue weighted by Gasteiger charge is 2.22. The van der Waals surface area contributed by atoms with E-state index in [1.807, 2.05) is 0 Å². The predicted molar refractivity (Wildman–Crippen MR) is 60.4 cm³/mol. The first-order chi connectivity index (χ1) is 6.83. The number of likely N-dealkylation sites (N-methyl/N-ethyl adjacent to an activating group) is 2. The van der Waals surface area contributed by atoms with E-state index in [4.69, 9.17) is 11.6 Å². The maximum atomic E-state index is 11.6. The molecule has 0 spiro atoms. The van der Waals surface area contributed by atoms with Crippen molar-refractivity contribution in [3.63, 3.8) is 0 Å². The van der Waals surface area contributed by atoms with Crippen LogP contribution in [0.2, 0.25) is 0 Å². The van der Waals surface area contributed by atoms with Crippen LogP contribution in [0.3, 0.4) is 0 Å². The Morgan fingerprint density at radius 1 is 1.53 bits per heavy atom. The van der Waals surface area contributed by atoms with Gasteiger partial charge in [0.15, 0.2) is 0 Å². The van der Waals surface area contributed by atoms with Gasteiger partial charge in [0.1, 0.15) is 0 Å². The summed E-state index contributed by atoms with van der Waals surface area (Å²) in [5.74, 6) is -0.208. The van der Waals surface area contributed by atoms with Crippen molar-refractivity contribution in [2.24, 2.45) is 5.92 Å². The van der Waals surface area contributed by atoms with Crippen LogP contribution in [0.15, 0.2) is 0 Å². The van der Waals surface area contributed by atoms with Crippen LogP contribution in [-0.2, 0) is 14.8 Å². The van der Waals surface area contributed by atoms with Gasteiger partial charge in [-0.25, -0.2) is 8.42 Å². The third kappa shape index (κ3) is 5.34. The van der Waals surface area contributed by atoms with E-state index in [1.54, 1.807) is 6.92 Å². The van der Waals surface area contributed by atoms with Crippen LogP contribution in [0, 0.1) is 5.92 Å². The molecule has 1 atom stereocenters. The average molecular weight is 257 g/mol. The summed E-state index contributed by atoms with van der Waals surface area (Å²) in [7, 11) is -0.546. The van der Waals surface area contributed by atoms with Crippen LogP contribution in [-0.4, -0.2) is 50.9 Å². The first kappa shape index (κ1) is 14.7. The lowest BCUT2D eigenvalue weighted by Crippen LogP contribution is -2.39. The SMILES string of the molecule is CNC(=O)CN(C)S(=O)(=O)CC(C)CCl. The highest BCUT2D eigenvalue weighted by atomic mass is 35.5. The molecule has 0 aromatic rings. The van der Waals surface area contributed by atoms with Gasteiger partial charge in [0.05, 0.1) is 12.3 Å². The Kier molecular flexibility index (Phi) is 6.16. The number of sulfonamides is 1. The monoisotopic (exact) mass is 256 g/mol. The summed E-state index contributed by atoms with van der Waals surface area (Å²) in [6.07, 6.45) is 0. The number of rotatable bonds is 6. The maximum absolute atomic E-state index is 11.6. The summed E-state index contributed by atoms with van der Waals surface area (Å²) >= 11 is 5.53. The molecule has 0 aliphatic heterocycles. The van der Waals surface area contributed by atoms with Crippen molar-refractivity contribution < 1.29 is 13.2 Å². The third-order valence-corrected chi connectivity index (χ3v) is 4.47. The van der Waals surface area contributed by atoms with E-state index < -0.39 is 10.0 Å². The first-order valence-electron chi connectivity index (χ1n) is 4.54. The zero-order valence-corrected chi connectivity index (χ0v) is 10.7. The Bertz CT molecular complexity index is 305. The largest absolute Gasteiger partial charge is 0.358 e. The van der Waals surface area contributed by atoms with Crippen LogP contribution < -0.4 is 5.32 Å². The van der Waals surface area contributed by atoms with Crippen LogP contribution in [0.25, 0.3) is 0 Å². The molecule has 1 unspecified atom stereocenters. The molecule has 0 radical (unpaired) electrons. The lowest BCUT2D eigenvalue weighted by Gasteiger charge is -2.18. The fourth-order valence-corrected chi connectivity index (χ4v) is 2.55. The molecular formula is C8H17ClN2O3S. The molecule has 0 aromatic carbocycles. The normalized spacial score (nSPS) is 13.9. The predicted octanol–water partition coefficient (Wildman–Crippen LogP) is -0.131. The van der Waals surface area contributed by atoms with E-state index in [2.05, 4.69) is 5.32 Å². The Labute approximate surface area is 95.8 Å². The van der Waals surface area contributed by atoms with Gasteiger partial charge in [-0.15, -0.1) is 11.6 Å². The quantitative estimate of drug-likeness (QED) is 0.674. The molecule has 90 valence electrons. The summed E-state index contributed by atoms with van der Waals surface area (Å²) in [6, 6.07) is 0. The second-order valence-electron chi connectivity index (χ2n) is 3.47. The molecule has 0 aliphatic rings. The standard InChI is InChI=1S/C8H17ClN2O3S/c1-7(4-9)6-15(13,14)11(3)5-8(12)10-2/h7H,4-6H2,1-3H3,(H,10,12). The second-order valence-corrected chi connectivity index (χ2v) is 5.90. The van der Waals surface area contributed by atoms with E-state index in [0.717, 1.165) is 4.31 Å². The van der Waals surface area contributed by atoms with Crippen molar-refractivity contribution >= 4 is 27.5 Å². The van der Waals surface area contributed by atoms with E-state index in [-0.39, 0.29) is 30.0 Å². The highest BCUT2D eigenvalue weighted by Crippen LogP contribution is 2.06. The Morgan fingerprint density at radius 2 is 2.07 bits per heavy atom. The van der Waals surface area contributed by atoms with Gasteiger partial charge in [0.25, 0.3) is 0 Å². The first-order valence-corrected chi connectivity index (χ1v) is 6.68. The summed E-state index contributed by atoms with van der Waals surface area (Å²) in [5, 5.41) is 2.36. The van der Waals surface area contributed by atoms with E-state index in [0.29, 0.717) is 0 Å². The second kappa shape index (κ2) is 6.30. The fourth-order valence-electron chi connectivity index (χ4n) is 0.911. The maximum Gasteiger partial charge on any atom is 0.235 e. The number of alkyl halides is 1. The number of hydrogen-bond acceptors (Lipinski definition) is 3. The van der Waals surface area contributed by atoms with Crippen molar-refractivity contribution in [1.82, 2.24) is 9.62 Å². The summed E-state index contributed by atoms with van der Waals surface area (Å²) in [4.78, 5) is 11.0. The molecule has 0 aliphatic carbocycles. The van der Waals surface area contributed by atoms with Crippen molar-refractivity contribution in [1.29, 1.82) is 0 Å². The molecule has 0 heterocycles. The van der Waals surface area contributed by atoms with Gasteiger partial charge in [-0.1, -0.05) is 6.92 Å². The molecule has 15 heavy (non-hydrogen) atoms. The lowest BCUT2D eigenvalue weighted by atomic mass is 10.3. The minimum Gasteiger partial charge on any atom is -0.358 e. The highest BCUT2D eigenvalue weighted by molar-refractivity contribution is 7.89. The van der Waals surface area contributed by atoms with Crippen LogP contribution in [0.5, 0.6) is 0 Å². The van der Waals surface area contributed by atoms with Gasteiger partial charge in [-0.2, -0.15) is 4.31 Å². The third-order valence-electron chi connectivity index (χ3n) is 1.88. The minimum atomic E-state index is -3.39. The zero-order valence-electron chi connectivity index (χ0n) is 9.16. The number of amides is 1. The summed E-state index contributed by atoms with van der Waals surface area (Å²) < 4.78 is 24.3. The van der Waals surface area contributed by atoms with E-state index in [1.165, 1.54) is 14.1 Å². The van der Waals surface area contributed by atoms with Crippen molar-refractivity contribution in [2.75, 3.05) is 32.3 Å². The Hall–Kier alpha value is -0.330. The van der Waals surface area contributed by atoms with Crippen molar-refractivity contribution in [3.8, 4) is 0 Å². The molecule has 0 fully saturated rings. The number of nitrogens with zero attached hydrogens (tertiary/aromatic N) is 1. The molecule has 0 rings (SSSR count). The molecule has 7 heteroatoms. The topological polar surface area (TPSA) is 66.5 Å². The average Bonchev–Trinajstić information content (AvgIpc) is 2.16. The van der Waals surface area contributed by atoms with Gasteiger partial charge >= 0.3 is 0 Å². The van der Waals surface area contributed by atoms with Crippen LogP contribution in [0.1, 0.15) is 6.92 Å². The summed E-state index contributed by atoms with van der Waals surface area (Å²) in [6.45, 7) is 1.59. The smallest absolute Gasteiger partial charge is 0.235 e. The number of carbonyl (C=O) groups excluding carboxylic acids is 1. The number of hydrogen-bond donors (Lipinski definition) is 1. The Balaban J connectivity index is 4.39. The Morgan fingerprint density at radius 3 is 2.47 bits per heavy atom. The van der Waals surface area contributed by atoms with Crippen molar-refractivity contribution in [2.45, 2.75) is 6.92 Å². The van der Waals surface area contributed by atoms with Gasteiger partial charge in [0.2, 0.25) is 15.9 Å². The molecule has 0 saturated heterocycles. The van der Waals surface area contributed by atoms with Gasteiger partial charge in [-0.05, 0) is 5.92 Å². The van der Waals surface area contributed by atoms with E-state index in [9.17, 15) is 13.2 Å². The molecule has 1 amide bonds. The van der Waals surface area contributed by atoms with Crippen molar-refractivity contribution in [3.05, 3.63) is 0 Å².